The summed E-state index contributed by atoms with van der Waals surface area (Å²) >= 11 is 0. The second kappa shape index (κ2) is 13.7. The van der Waals surface area contributed by atoms with Crippen LogP contribution in [0.4, 0.5) is 5.69 Å². The summed E-state index contributed by atoms with van der Waals surface area (Å²) in [6.07, 6.45) is 5.49. The number of hydrogen-bond donors (Lipinski definition) is 4. The first-order valence-electron chi connectivity index (χ1n) is 15.3. The lowest BCUT2D eigenvalue weighted by atomic mass is 9.91. The van der Waals surface area contributed by atoms with Gasteiger partial charge in [-0.1, -0.05) is 43.7 Å². The van der Waals surface area contributed by atoms with Gasteiger partial charge in [-0.3, -0.25) is 14.4 Å². The molecule has 3 aliphatic rings. The van der Waals surface area contributed by atoms with E-state index in [1.807, 2.05) is 37.3 Å². The summed E-state index contributed by atoms with van der Waals surface area (Å²) in [6.45, 7) is 2.25. The fraction of sp³-hybridized carbons (Fsp3) is 0.545. The molecule has 4 N–H and O–H groups in total. The van der Waals surface area contributed by atoms with Gasteiger partial charge in [0.15, 0.2) is 0 Å². The van der Waals surface area contributed by atoms with Gasteiger partial charge in [0.05, 0.1) is 18.8 Å². The predicted molar refractivity (Wildman–Crippen MR) is 159 cm³/mol. The molecule has 1 saturated heterocycles. The smallest absolute Gasteiger partial charge is 0.251 e. The third-order valence-corrected chi connectivity index (χ3v) is 9.09. The molecule has 9 nitrogen and oxygen atoms in total. The number of anilines is 1. The largest absolute Gasteiger partial charge is 0.491 e. The third kappa shape index (κ3) is 7.31. The number of aliphatic hydroxyl groups excluding tert-OH is 2. The Bertz CT molecular complexity index is 1250. The summed E-state index contributed by atoms with van der Waals surface area (Å²) in [5, 5.41) is 26.9. The number of nitrogens with zero attached hydrogens (tertiary/aromatic N) is 1. The van der Waals surface area contributed by atoms with Crippen molar-refractivity contribution in [2.45, 2.75) is 76.5 Å². The highest BCUT2D eigenvalue weighted by atomic mass is 16.5. The third-order valence-electron chi connectivity index (χ3n) is 9.09. The highest BCUT2D eigenvalue weighted by molar-refractivity contribution is 5.99. The molecule has 226 valence electrons. The maximum absolute atomic E-state index is 13.6. The van der Waals surface area contributed by atoms with Crippen LogP contribution in [0.2, 0.25) is 0 Å². The van der Waals surface area contributed by atoms with E-state index >= 15 is 0 Å². The molecule has 0 spiro atoms. The second-order valence-electron chi connectivity index (χ2n) is 12.2. The SMILES string of the molecule is C[C@H](C[C@@H](O)[C@H](Cc1ccccc1)NC(=O)c1cc(OCCO)cc(N2CCCC2=O)c1)C(=O)NC1CC2CCC1C2. The molecule has 3 fully saturated rings. The molecule has 1 aliphatic heterocycles. The second-order valence-corrected chi connectivity index (χ2v) is 12.2. The summed E-state index contributed by atoms with van der Waals surface area (Å²) in [7, 11) is 0. The number of carbonyl (C=O) groups is 3. The van der Waals surface area contributed by atoms with E-state index in [1.54, 1.807) is 23.1 Å². The first-order chi connectivity index (χ1) is 20.3. The Morgan fingerprint density at radius 2 is 1.93 bits per heavy atom. The molecule has 2 aliphatic carbocycles. The average Bonchev–Trinajstić information content (AvgIpc) is 3.73. The summed E-state index contributed by atoms with van der Waals surface area (Å²) in [4.78, 5) is 40.8. The molecule has 2 bridgehead atoms. The molecular formula is C33H43N3O6. The van der Waals surface area contributed by atoms with Crippen LogP contribution in [0.1, 0.15) is 67.8 Å². The Morgan fingerprint density at radius 1 is 1.12 bits per heavy atom. The van der Waals surface area contributed by atoms with E-state index in [0.717, 1.165) is 24.3 Å². The number of ether oxygens (including phenoxy) is 1. The molecule has 3 amide bonds. The Labute approximate surface area is 247 Å². The zero-order valence-corrected chi connectivity index (χ0v) is 24.3. The molecule has 0 aromatic heterocycles. The lowest BCUT2D eigenvalue weighted by Crippen LogP contribution is -2.47. The standard InChI is InChI=1S/C33H43N3O6/c1-21(32(40)34-28-17-23-9-10-24(28)15-23)14-30(38)29(16-22-6-3-2-4-7-22)35-33(41)25-18-26(36-11-5-8-31(36)39)20-27(19-25)42-13-12-37/h2-4,6-7,18-21,23-24,28-30,37-38H,5,8-17H2,1H3,(H,34,40)(H,35,41)/t21-,23?,24?,28?,29+,30-/m1/s1. The summed E-state index contributed by atoms with van der Waals surface area (Å²) < 4.78 is 5.62. The summed E-state index contributed by atoms with van der Waals surface area (Å²) in [5.74, 6) is 0.759. The van der Waals surface area contributed by atoms with Crippen molar-refractivity contribution in [3.8, 4) is 5.75 Å². The van der Waals surface area contributed by atoms with Gasteiger partial charge in [0.1, 0.15) is 12.4 Å². The molecule has 2 saturated carbocycles. The minimum Gasteiger partial charge on any atom is -0.491 e. The van der Waals surface area contributed by atoms with Gasteiger partial charge in [-0.25, -0.2) is 0 Å². The van der Waals surface area contributed by atoms with Crippen LogP contribution in [-0.4, -0.2) is 65.9 Å². The van der Waals surface area contributed by atoms with Gasteiger partial charge in [-0.2, -0.15) is 0 Å². The number of aliphatic hydroxyl groups is 2. The Morgan fingerprint density at radius 3 is 2.60 bits per heavy atom. The predicted octanol–water partition coefficient (Wildman–Crippen LogP) is 3.22. The molecule has 0 radical (unpaired) electrons. The molecular weight excluding hydrogens is 534 g/mol. The molecule has 1 heterocycles. The van der Waals surface area contributed by atoms with Crippen LogP contribution >= 0.6 is 0 Å². The van der Waals surface area contributed by atoms with Gasteiger partial charge in [-0.05, 0) is 68.1 Å². The fourth-order valence-corrected chi connectivity index (χ4v) is 6.82. The first-order valence-corrected chi connectivity index (χ1v) is 15.3. The van der Waals surface area contributed by atoms with Gasteiger partial charge in [-0.15, -0.1) is 0 Å². The van der Waals surface area contributed by atoms with E-state index in [2.05, 4.69) is 10.6 Å². The number of benzene rings is 2. The van der Waals surface area contributed by atoms with Crippen LogP contribution in [0.3, 0.4) is 0 Å². The number of amides is 3. The summed E-state index contributed by atoms with van der Waals surface area (Å²) in [5.41, 5.74) is 1.79. The van der Waals surface area contributed by atoms with Crippen LogP contribution in [0.25, 0.3) is 0 Å². The van der Waals surface area contributed by atoms with Gasteiger partial charge >= 0.3 is 0 Å². The lowest BCUT2D eigenvalue weighted by molar-refractivity contribution is -0.126. The van der Waals surface area contributed by atoms with Crippen LogP contribution < -0.4 is 20.3 Å². The van der Waals surface area contributed by atoms with Crippen molar-refractivity contribution >= 4 is 23.4 Å². The average molecular weight is 578 g/mol. The van der Waals surface area contributed by atoms with Gasteiger partial charge in [0.25, 0.3) is 5.91 Å². The quantitative estimate of drug-likeness (QED) is 0.290. The topological polar surface area (TPSA) is 128 Å². The van der Waals surface area contributed by atoms with Crippen molar-refractivity contribution in [1.29, 1.82) is 0 Å². The number of fused-ring (bicyclic) bond motifs is 2. The van der Waals surface area contributed by atoms with E-state index < -0.39 is 24.0 Å². The first kappa shape index (κ1) is 30.0. The fourth-order valence-electron chi connectivity index (χ4n) is 6.82. The maximum Gasteiger partial charge on any atom is 0.251 e. The highest BCUT2D eigenvalue weighted by Crippen LogP contribution is 2.44. The van der Waals surface area contributed by atoms with Gasteiger partial charge in [0.2, 0.25) is 11.8 Å². The zero-order valence-electron chi connectivity index (χ0n) is 24.3. The van der Waals surface area contributed by atoms with Crippen LogP contribution in [-0.2, 0) is 16.0 Å². The molecule has 42 heavy (non-hydrogen) atoms. The van der Waals surface area contributed by atoms with Crippen molar-refractivity contribution in [1.82, 2.24) is 10.6 Å². The maximum atomic E-state index is 13.6. The van der Waals surface area contributed by atoms with Crippen molar-refractivity contribution < 1.29 is 29.3 Å². The molecule has 5 rings (SSSR count). The normalized spacial score (nSPS) is 23.5. The molecule has 2 aromatic rings. The molecule has 6 atom stereocenters. The van der Waals surface area contributed by atoms with E-state index in [-0.39, 0.29) is 43.1 Å². The zero-order chi connectivity index (χ0) is 29.6. The number of carbonyl (C=O) groups excluding carboxylic acids is 3. The van der Waals surface area contributed by atoms with E-state index in [4.69, 9.17) is 4.74 Å². The van der Waals surface area contributed by atoms with Crippen LogP contribution in [0.5, 0.6) is 5.75 Å². The lowest BCUT2D eigenvalue weighted by Gasteiger charge is -2.28. The Kier molecular flexibility index (Phi) is 9.80. The molecule has 2 aromatic carbocycles. The highest BCUT2D eigenvalue weighted by Gasteiger charge is 2.40. The monoisotopic (exact) mass is 577 g/mol. The van der Waals surface area contributed by atoms with Crippen molar-refractivity contribution in [3.63, 3.8) is 0 Å². The van der Waals surface area contributed by atoms with Crippen LogP contribution in [0.15, 0.2) is 48.5 Å². The minimum absolute atomic E-state index is 0.0178. The van der Waals surface area contributed by atoms with Crippen LogP contribution in [0, 0.1) is 17.8 Å². The molecule has 9 heteroatoms. The van der Waals surface area contributed by atoms with Crippen molar-refractivity contribution in [2.24, 2.45) is 17.8 Å². The molecule has 3 unspecified atom stereocenters. The Balaban J connectivity index is 1.30. The number of rotatable bonds is 13. The number of hydrogen-bond acceptors (Lipinski definition) is 6. The number of nitrogens with one attached hydrogen (secondary N) is 2. The van der Waals surface area contributed by atoms with E-state index in [0.29, 0.717) is 36.7 Å². The Hall–Kier alpha value is -3.43. The van der Waals surface area contributed by atoms with Gasteiger partial charge in [0, 0.05) is 42.2 Å². The summed E-state index contributed by atoms with van der Waals surface area (Å²) in [6, 6.07) is 14.1. The van der Waals surface area contributed by atoms with Crippen molar-refractivity contribution in [2.75, 3.05) is 24.7 Å². The minimum atomic E-state index is -0.969. The van der Waals surface area contributed by atoms with Crippen molar-refractivity contribution in [3.05, 3.63) is 59.7 Å². The van der Waals surface area contributed by atoms with E-state index in [1.165, 1.54) is 19.3 Å². The van der Waals surface area contributed by atoms with Gasteiger partial charge < -0.3 is 30.5 Å². The van der Waals surface area contributed by atoms with E-state index in [9.17, 15) is 24.6 Å².